The molecule has 2 N–H and O–H groups in total. The van der Waals surface area contributed by atoms with Crippen LogP contribution in [0.3, 0.4) is 0 Å². The highest BCUT2D eigenvalue weighted by atomic mass is 32.1. The van der Waals surface area contributed by atoms with Crippen LogP contribution in [0.5, 0.6) is 0 Å². The van der Waals surface area contributed by atoms with E-state index in [4.69, 9.17) is 4.74 Å². The normalized spacial score (nSPS) is 18.7. The summed E-state index contributed by atoms with van der Waals surface area (Å²) in [5, 5.41) is 7.55. The molecular weight excluding hydrogens is 392 g/mol. The van der Waals surface area contributed by atoms with E-state index in [9.17, 15) is 14.4 Å². The second kappa shape index (κ2) is 10.1. The molecule has 0 aliphatic heterocycles. The molecule has 1 fully saturated rings. The summed E-state index contributed by atoms with van der Waals surface area (Å²) < 4.78 is 4.96. The maximum Gasteiger partial charge on any atom is 0.321 e. The van der Waals surface area contributed by atoms with E-state index in [0.717, 1.165) is 29.8 Å². The monoisotopic (exact) mass is 416 g/mol. The fraction of sp³-hybridized carbons (Fsp3) is 0.450. The third-order valence-corrected chi connectivity index (χ3v) is 5.77. The Morgan fingerprint density at radius 3 is 2.86 bits per heavy atom. The lowest BCUT2D eigenvalue weighted by Crippen LogP contribution is -2.48. The number of hydrogen-bond donors (Lipinski definition) is 2. The van der Waals surface area contributed by atoms with Crippen LogP contribution in [0, 0.1) is 5.92 Å². The summed E-state index contributed by atoms with van der Waals surface area (Å²) in [5.74, 6) is -0.852. The van der Waals surface area contributed by atoms with Gasteiger partial charge in [0.2, 0.25) is 0 Å². The van der Waals surface area contributed by atoms with Gasteiger partial charge in [0.25, 0.3) is 5.91 Å². The van der Waals surface area contributed by atoms with Crippen LogP contribution in [0.15, 0.2) is 29.9 Å². The Morgan fingerprint density at radius 1 is 1.28 bits per heavy atom. The van der Waals surface area contributed by atoms with Crippen molar-refractivity contribution in [1.29, 1.82) is 0 Å². The first kappa shape index (κ1) is 20.9. The third-order valence-electron chi connectivity index (χ3n) is 4.83. The van der Waals surface area contributed by atoms with Crippen LogP contribution in [0.1, 0.15) is 38.3 Å². The van der Waals surface area contributed by atoms with Crippen molar-refractivity contribution in [3.05, 3.63) is 35.6 Å². The Balaban J connectivity index is 1.39. The minimum atomic E-state index is -0.659. The van der Waals surface area contributed by atoms with Crippen LogP contribution < -0.4 is 10.6 Å². The Morgan fingerprint density at radius 2 is 2.10 bits per heavy atom. The molecule has 1 aliphatic carbocycles. The van der Waals surface area contributed by atoms with Gasteiger partial charge in [-0.3, -0.25) is 19.9 Å². The SMILES string of the molecule is C[C@H]1CCCC[C@@H]1NC(=O)NC(=O)COC(=O)Cc1csc(-c2cccnc2)n1. The molecule has 2 heterocycles. The van der Waals surface area contributed by atoms with Crippen molar-refractivity contribution in [3.8, 4) is 10.6 Å². The van der Waals surface area contributed by atoms with Crippen molar-refractivity contribution >= 4 is 29.2 Å². The average molecular weight is 417 g/mol. The smallest absolute Gasteiger partial charge is 0.321 e. The Hall–Kier alpha value is -2.81. The number of imide groups is 1. The molecule has 0 saturated heterocycles. The largest absolute Gasteiger partial charge is 0.455 e. The molecule has 0 unspecified atom stereocenters. The number of nitrogens with one attached hydrogen (secondary N) is 2. The van der Waals surface area contributed by atoms with Gasteiger partial charge in [-0.15, -0.1) is 11.3 Å². The number of amides is 3. The minimum absolute atomic E-state index is 0.0458. The molecule has 154 valence electrons. The lowest BCUT2D eigenvalue weighted by Gasteiger charge is -2.29. The van der Waals surface area contributed by atoms with Crippen molar-refractivity contribution in [2.24, 2.45) is 5.92 Å². The van der Waals surface area contributed by atoms with E-state index in [1.54, 1.807) is 17.8 Å². The van der Waals surface area contributed by atoms with Crippen LogP contribution in [0.2, 0.25) is 0 Å². The zero-order chi connectivity index (χ0) is 20.6. The minimum Gasteiger partial charge on any atom is -0.455 e. The number of carbonyl (C=O) groups excluding carboxylic acids is 3. The summed E-state index contributed by atoms with van der Waals surface area (Å²) in [4.78, 5) is 44.2. The van der Waals surface area contributed by atoms with Crippen LogP contribution in [-0.4, -0.2) is 40.5 Å². The molecular formula is C20H24N4O4S. The zero-order valence-electron chi connectivity index (χ0n) is 16.2. The number of nitrogens with zero attached hydrogens (tertiary/aromatic N) is 2. The van der Waals surface area contributed by atoms with Crippen molar-refractivity contribution in [3.63, 3.8) is 0 Å². The van der Waals surface area contributed by atoms with Gasteiger partial charge in [0.1, 0.15) is 5.01 Å². The number of urea groups is 1. The van der Waals surface area contributed by atoms with E-state index in [1.165, 1.54) is 17.8 Å². The first-order valence-electron chi connectivity index (χ1n) is 9.62. The average Bonchev–Trinajstić information content (AvgIpc) is 3.17. The summed E-state index contributed by atoms with van der Waals surface area (Å²) in [6, 6.07) is 3.22. The number of carbonyl (C=O) groups is 3. The summed E-state index contributed by atoms with van der Waals surface area (Å²) >= 11 is 1.40. The van der Waals surface area contributed by atoms with Crippen LogP contribution in [-0.2, 0) is 20.7 Å². The number of aromatic nitrogens is 2. The molecule has 0 bridgehead atoms. The van der Waals surface area contributed by atoms with Gasteiger partial charge in [-0.2, -0.15) is 0 Å². The molecule has 0 aromatic carbocycles. The van der Waals surface area contributed by atoms with Gasteiger partial charge in [-0.25, -0.2) is 9.78 Å². The van der Waals surface area contributed by atoms with E-state index < -0.39 is 24.5 Å². The number of hydrogen-bond acceptors (Lipinski definition) is 7. The number of esters is 1. The fourth-order valence-electron chi connectivity index (χ4n) is 3.25. The first-order chi connectivity index (χ1) is 14.0. The first-order valence-corrected chi connectivity index (χ1v) is 10.5. The number of pyridine rings is 1. The molecule has 8 nitrogen and oxygen atoms in total. The summed E-state index contributed by atoms with van der Waals surface area (Å²) in [5.41, 5.74) is 1.43. The highest BCUT2D eigenvalue weighted by Crippen LogP contribution is 2.24. The van der Waals surface area contributed by atoms with Gasteiger partial charge in [-0.05, 0) is 30.9 Å². The molecule has 1 aliphatic rings. The zero-order valence-corrected chi connectivity index (χ0v) is 17.0. The van der Waals surface area contributed by atoms with Crippen LogP contribution in [0.4, 0.5) is 4.79 Å². The molecule has 1 saturated carbocycles. The van der Waals surface area contributed by atoms with Crippen LogP contribution in [0.25, 0.3) is 10.6 Å². The molecule has 0 radical (unpaired) electrons. The number of ether oxygens (including phenoxy) is 1. The molecule has 2 atom stereocenters. The predicted octanol–water partition coefficient (Wildman–Crippen LogP) is 2.70. The highest BCUT2D eigenvalue weighted by molar-refractivity contribution is 7.13. The van der Waals surface area contributed by atoms with Crippen molar-refractivity contribution in [1.82, 2.24) is 20.6 Å². The van der Waals surface area contributed by atoms with E-state index in [1.807, 2.05) is 12.1 Å². The van der Waals surface area contributed by atoms with E-state index in [-0.39, 0.29) is 12.5 Å². The number of rotatable bonds is 6. The van der Waals surface area contributed by atoms with E-state index >= 15 is 0 Å². The molecule has 3 rings (SSSR count). The Labute approximate surface area is 173 Å². The lowest BCUT2D eigenvalue weighted by molar-refractivity contribution is -0.147. The summed E-state index contributed by atoms with van der Waals surface area (Å²) in [7, 11) is 0. The van der Waals surface area contributed by atoms with E-state index in [2.05, 4.69) is 27.5 Å². The molecule has 2 aromatic heterocycles. The predicted molar refractivity (Wildman–Crippen MR) is 108 cm³/mol. The fourth-order valence-corrected chi connectivity index (χ4v) is 4.06. The third kappa shape index (κ3) is 6.35. The van der Waals surface area contributed by atoms with Gasteiger partial charge in [-0.1, -0.05) is 19.8 Å². The Kier molecular flexibility index (Phi) is 7.29. The summed E-state index contributed by atoms with van der Waals surface area (Å²) in [6.45, 7) is 1.58. The van der Waals surface area contributed by atoms with Crippen LogP contribution >= 0.6 is 11.3 Å². The van der Waals surface area contributed by atoms with Gasteiger partial charge >= 0.3 is 12.0 Å². The van der Waals surface area contributed by atoms with Crippen molar-refractivity contribution < 1.29 is 19.1 Å². The quantitative estimate of drug-likeness (QED) is 0.701. The Bertz CT molecular complexity index is 855. The second-order valence-corrected chi connectivity index (χ2v) is 7.97. The topological polar surface area (TPSA) is 110 Å². The maximum atomic E-state index is 12.0. The molecule has 2 aromatic rings. The molecule has 9 heteroatoms. The lowest BCUT2D eigenvalue weighted by atomic mass is 9.86. The number of thiazole rings is 1. The summed E-state index contributed by atoms with van der Waals surface area (Å²) in [6.07, 6.45) is 7.54. The second-order valence-electron chi connectivity index (χ2n) is 7.11. The molecule has 29 heavy (non-hydrogen) atoms. The van der Waals surface area contributed by atoms with Gasteiger partial charge in [0.05, 0.1) is 12.1 Å². The standard InChI is InChI=1S/C20H24N4O4S/c1-13-5-2-3-7-16(13)23-20(27)24-17(25)11-28-18(26)9-15-12-29-19(22-15)14-6-4-8-21-10-14/h4,6,8,10,12-13,16H,2-3,5,7,9,11H2,1H3,(H2,23,24,25,27)/t13-,16-/m0/s1. The maximum absolute atomic E-state index is 12.0. The van der Waals surface area contributed by atoms with Crippen molar-refractivity contribution in [2.45, 2.75) is 45.1 Å². The van der Waals surface area contributed by atoms with Gasteiger partial charge in [0.15, 0.2) is 6.61 Å². The molecule has 3 amide bonds. The van der Waals surface area contributed by atoms with Crippen molar-refractivity contribution in [2.75, 3.05) is 6.61 Å². The van der Waals surface area contributed by atoms with E-state index in [0.29, 0.717) is 11.6 Å². The van der Waals surface area contributed by atoms with Gasteiger partial charge < -0.3 is 10.1 Å². The van der Waals surface area contributed by atoms with Gasteiger partial charge in [0, 0.05) is 29.4 Å². The molecule has 0 spiro atoms. The highest BCUT2D eigenvalue weighted by Gasteiger charge is 2.23.